The third kappa shape index (κ3) is 4.39. The molecular formula is C11H11BrF3N5O. The monoisotopic (exact) mass is 365 g/mol. The molecule has 0 saturated carbocycles. The van der Waals surface area contributed by atoms with Gasteiger partial charge >= 0.3 is 6.18 Å². The minimum absolute atomic E-state index is 0.228. The fourth-order valence-corrected chi connectivity index (χ4v) is 1.95. The highest BCUT2D eigenvalue weighted by Crippen LogP contribution is 2.23. The van der Waals surface area contributed by atoms with Gasteiger partial charge in [0, 0.05) is 11.8 Å². The molecule has 2 rings (SSSR count). The zero-order valence-electron chi connectivity index (χ0n) is 10.5. The van der Waals surface area contributed by atoms with E-state index in [0.717, 1.165) is 0 Å². The molecule has 1 unspecified atom stereocenters. The van der Waals surface area contributed by atoms with Crippen LogP contribution in [0.3, 0.4) is 0 Å². The van der Waals surface area contributed by atoms with E-state index in [1.54, 1.807) is 0 Å². The Morgan fingerprint density at radius 1 is 1.38 bits per heavy atom. The number of aliphatic hydroxyl groups is 1. The molecule has 10 heteroatoms. The molecule has 0 aliphatic heterocycles. The van der Waals surface area contributed by atoms with Crippen LogP contribution in [0.2, 0.25) is 0 Å². The topological polar surface area (TPSA) is 89.8 Å². The maximum Gasteiger partial charge on any atom is 0.391 e. The van der Waals surface area contributed by atoms with Crippen LogP contribution in [0.5, 0.6) is 0 Å². The number of halogens is 4. The molecule has 0 amide bonds. The summed E-state index contributed by atoms with van der Waals surface area (Å²) in [5, 5.41) is 13.3. The Kier molecular flexibility index (Phi) is 4.47. The van der Waals surface area contributed by atoms with E-state index in [9.17, 15) is 18.3 Å². The lowest BCUT2D eigenvalue weighted by atomic mass is 10.2. The first-order chi connectivity index (χ1) is 9.74. The molecule has 0 radical (unpaired) electrons. The van der Waals surface area contributed by atoms with Crippen LogP contribution in [-0.4, -0.2) is 37.1 Å². The van der Waals surface area contributed by atoms with E-state index in [2.05, 4.69) is 31.0 Å². The molecule has 0 spiro atoms. The second-order valence-electron chi connectivity index (χ2n) is 4.36. The maximum atomic E-state index is 12.1. The van der Waals surface area contributed by atoms with Crippen LogP contribution in [0.1, 0.15) is 6.42 Å². The molecule has 0 aliphatic rings. The average Bonchev–Trinajstić information content (AvgIpc) is 2.78. The number of nitrogens with two attached hydrogens (primary N) is 1. The van der Waals surface area contributed by atoms with E-state index in [1.165, 1.54) is 23.3 Å². The van der Waals surface area contributed by atoms with Gasteiger partial charge in [0.2, 0.25) is 0 Å². The minimum atomic E-state index is -4.41. The van der Waals surface area contributed by atoms with E-state index in [-0.39, 0.29) is 12.4 Å². The maximum absolute atomic E-state index is 12.1. The number of rotatable bonds is 4. The molecule has 0 bridgehead atoms. The first-order valence-corrected chi connectivity index (χ1v) is 6.59. The van der Waals surface area contributed by atoms with Crippen molar-refractivity contribution in [2.24, 2.45) is 0 Å². The second-order valence-corrected chi connectivity index (χ2v) is 5.11. The number of aliphatic hydroxyl groups excluding tert-OH is 1. The minimum Gasteiger partial charge on any atom is -0.391 e. The number of hydrogen-bond acceptors (Lipinski definition) is 5. The lowest BCUT2D eigenvalue weighted by molar-refractivity contribution is -0.154. The number of alkyl halides is 3. The van der Waals surface area contributed by atoms with Gasteiger partial charge in [-0.05, 0) is 15.9 Å². The van der Waals surface area contributed by atoms with Crippen LogP contribution in [0, 0.1) is 0 Å². The number of anilines is 1. The summed E-state index contributed by atoms with van der Waals surface area (Å²) in [5.41, 5.74) is 6.54. The number of hydrogen-bond donors (Lipinski definition) is 2. The zero-order valence-corrected chi connectivity index (χ0v) is 12.1. The van der Waals surface area contributed by atoms with Gasteiger partial charge < -0.3 is 10.8 Å². The van der Waals surface area contributed by atoms with Gasteiger partial charge in [0.25, 0.3) is 0 Å². The van der Waals surface area contributed by atoms with E-state index in [0.29, 0.717) is 15.9 Å². The van der Waals surface area contributed by atoms with E-state index in [1.807, 2.05) is 0 Å². The molecule has 0 aliphatic carbocycles. The average molecular weight is 366 g/mol. The molecule has 2 aromatic heterocycles. The van der Waals surface area contributed by atoms with Crippen molar-refractivity contribution in [3.05, 3.63) is 23.2 Å². The quantitative estimate of drug-likeness (QED) is 0.864. The van der Waals surface area contributed by atoms with Gasteiger partial charge in [0.1, 0.15) is 4.60 Å². The standard InChI is InChI=1S/C11H11BrF3N5O/c12-9-10(16)17-3-8(19-9)6-2-18-20(4-6)5-7(21)1-11(13,14)15/h2-4,7,21H,1,5H2,(H2,16,17). The molecule has 2 aromatic rings. The van der Waals surface area contributed by atoms with Crippen molar-refractivity contribution < 1.29 is 18.3 Å². The molecule has 0 fully saturated rings. The summed E-state index contributed by atoms with van der Waals surface area (Å²) >= 11 is 3.13. The van der Waals surface area contributed by atoms with Crippen LogP contribution < -0.4 is 5.73 Å². The Hall–Kier alpha value is -1.68. The van der Waals surface area contributed by atoms with Crippen molar-refractivity contribution in [2.75, 3.05) is 5.73 Å². The van der Waals surface area contributed by atoms with Crippen LogP contribution in [-0.2, 0) is 6.54 Å². The summed E-state index contributed by atoms with van der Waals surface area (Å²) in [6.07, 6.45) is -2.92. The van der Waals surface area contributed by atoms with E-state index in [4.69, 9.17) is 5.73 Å². The predicted octanol–water partition coefficient (Wildman–Crippen LogP) is 2.00. The third-order valence-corrected chi connectivity index (χ3v) is 3.13. The van der Waals surface area contributed by atoms with E-state index < -0.39 is 18.7 Å². The van der Waals surface area contributed by atoms with Crippen LogP contribution >= 0.6 is 15.9 Å². The molecule has 2 heterocycles. The molecule has 1 atom stereocenters. The van der Waals surface area contributed by atoms with Gasteiger partial charge in [-0.2, -0.15) is 18.3 Å². The predicted molar refractivity (Wildman–Crippen MR) is 72.0 cm³/mol. The van der Waals surface area contributed by atoms with Gasteiger partial charge in [0.15, 0.2) is 5.82 Å². The van der Waals surface area contributed by atoms with Crippen molar-refractivity contribution >= 4 is 21.7 Å². The van der Waals surface area contributed by atoms with Crippen molar-refractivity contribution in [1.29, 1.82) is 0 Å². The summed E-state index contributed by atoms with van der Waals surface area (Å²) in [6.45, 7) is -0.261. The summed E-state index contributed by atoms with van der Waals surface area (Å²) in [6, 6.07) is 0. The Bertz CT molecular complexity index is 631. The SMILES string of the molecule is Nc1ncc(-c2cnn(CC(O)CC(F)(F)F)c2)nc1Br. The molecule has 0 saturated heterocycles. The highest BCUT2D eigenvalue weighted by Gasteiger charge is 2.31. The van der Waals surface area contributed by atoms with Gasteiger partial charge in [-0.3, -0.25) is 4.68 Å². The third-order valence-electron chi connectivity index (χ3n) is 2.55. The first-order valence-electron chi connectivity index (χ1n) is 5.80. The van der Waals surface area contributed by atoms with Gasteiger partial charge in [-0.1, -0.05) is 0 Å². The molecule has 0 aromatic carbocycles. The largest absolute Gasteiger partial charge is 0.391 e. The van der Waals surface area contributed by atoms with Crippen molar-refractivity contribution in [2.45, 2.75) is 25.2 Å². The van der Waals surface area contributed by atoms with Crippen LogP contribution in [0.15, 0.2) is 23.2 Å². The molecule has 114 valence electrons. The number of nitrogens with zero attached hydrogens (tertiary/aromatic N) is 4. The summed E-state index contributed by atoms with van der Waals surface area (Å²) in [7, 11) is 0. The number of nitrogen functional groups attached to an aromatic ring is 1. The zero-order chi connectivity index (χ0) is 15.6. The molecule has 6 nitrogen and oxygen atoms in total. The Labute approximate surface area is 125 Å². The molecule has 21 heavy (non-hydrogen) atoms. The van der Waals surface area contributed by atoms with Crippen molar-refractivity contribution in [1.82, 2.24) is 19.7 Å². The fraction of sp³-hybridized carbons (Fsp3) is 0.364. The second kappa shape index (κ2) is 5.98. The smallest absolute Gasteiger partial charge is 0.391 e. The lowest BCUT2D eigenvalue weighted by Crippen LogP contribution is -2.24. The first kappa shape index (κ1) is 15.7. The Morgan fingerprint density at radius 2 is 2.10 bits per heavy atom. The Morgan fingerprint density at radius 3 is 2.71 bits per heavy atom. The highest BCUT2D eigenvalue weighted by atomic mass is 79.9. The van der Waals surface area contributed by atoms with Gasteiger partial charge in [-0.25, -0.2) is 9.97 Å². The summed E-state index contributed by atoms with van der Waals surface area (Å²) in [5.74, 6) is 0.228. The van der Waals surface area contributed by atoms with E-state index >= 15 is 0 Å². The summed E-state index contributed by atoms with van der Waals surface area (Å²) < 4.78 is 38.0. The normalized spacial score (nSPS) is 13.4. The fourth-order valence-electron chi connectivity index (χ4n) is 1.66. The van der Waals surface area contributed by atoms with Crippen LogP contribution in [0.25, 0.3) is 11.3 Å². The summed E-state index contributed by atoms with van der Waals surface area (Å²) in [4.78, 5) is 8.04. The number of aromatic nitrogens is 4. The van der Waals surface area contributed by atoms with Crippen molar-refractivity contribution in [3.8, 4) is 11.3 Å². The van der Waals surface area contributed by atoms with Gasteiger partial charge in [-0.15, -0.1) is 0 Å². The highest BCUT2D eigenvalue weighted by molar-refractivity contribution is 9.10. The van der Waals surface area contributed by atoms with Crippen LogP contribution in [0.4, 0.5) is 19.0 Å². The Balaban J connectivity index is 2.09. The lowest BCUT2D eigenvalue weighted by Gasteiger charge is -2.12. The van der Waals surface area contributed by atoms with Crippen molar-refractivity contribution in [3.63, 3.8) is 0 Å². The molecule has 3 N–H and O–H groups in total. The van der Waals surface area contributed by atoms with Gasteiger partial charge in [0.05, 0.1) is 37.2 Å². The molecular weight excluding hydrogens is 355 g/mol.